The first kappa shape index (κ1) is 45.0. The van der Waals surface area contributed by atoms with Gasteiger partial charge in [0, 0.05) is 12.8 Å². The van der Waals surface area contributed by atoms with E-state index in [-0.39, 0.29) is 38.4 Å². The van der Waals surface area contributed by atoms with Crippen LogP contribution in [0, 0.1) is 11.8 Å². The minimum Gasteiger partial charge on any atom is -0.462 e. The zero-order valence-electron chi connectivity index (χ0n) is 29.9. The van der Waals surface area contributed by atoms with Gasteiger partial charge in [0.05, 0.1) is 13.2 Å². The number of carbonyl (C=O) groups excluding carboxylic acids is 2. The topological polar surface area (TPSA) is 93.1 Å². The van der Waals surface area contributed by atoms with Crippen molar-refractivity contribution in [1.29, 1.82) is 0 Å². The maximum absolute atomic E-state index is 12.6. The number of aliphatic hydroxyl groups is 2. The Labute approximate surface area is 273 Å². The highest BCUT2D eigenvalue weighted by molar-refractivity contribution is 5.70. The molecule has 0 spiro atoms. The lowest BCUT2D eigenvalue weighted by atomic mass is 9.91. The van der Waals surface area contributed by atoms with Crippen LogP contribution in [0.1, 0.15) is 195 Å². The molecule has 0 amide bonds. The zero-order chi connectivity index (χ0) is 32.9. The summed E-state index contributed by atoms with van der Waals surface area (Å²) >= 11 is 0. The van der Waals surface area contributed by atoms with Gasteiger partial charge in [0.2, 0.25) is 0 Å². The second kappa shape index (κ2) is 38.0. The van der Waals surface area contributed by atoms with Gasteiger partial charge in [-0.05, 0) is 37.5 Å². The Kier molecular flexibility index (Phi) is 38.9. The van der Waals surface area contributed by atoms with Crippen molar-refractivity contribution in [1.82, 2.24) is 0 Å². The van der Waals surface area contributed by atoms with Crippen LogP contribution in [0.15, 0.2) is 0 Å². The van der Waals surface area contributed by atoms with Gasteiger partial charge >= 0.3 is 11.9 Å². The van der Waals surface area contributed by atoms with Crippen molar-refractivity contribution in [2.75, 3.05) is 26.4 Å². The van der Waals surface area contributed by atoms with Crippen LogP contribution in [0.25, 0.3) is 0 Å². The molecule has 2 N–H and O–H groups in total. The van der Waals surface area contributed by atoms with Crippen molar-refractivity contribution in [2.45, 2.75) is 195 Å². The Balaban J connectivity index is 0. The SMILES string of the molecule is CCCCCCCCC(CCCCCC)CC(=O)OCCOC(=O)CC(CCCCCC)CCCCCCCC.OCCO. The van der Waals surface area contributed by atoms with Crippen molar-refractivity contribution in [2.24, 2.45) is 11.8 Å². The third-order valence-corrected chi connectivity index (χ3v) is 8.48. The van der Waals surface area contributed by atoms with Gasteiger partial charge in [-0.1, -0.05) is 156 Å². The van der Waals surface area contributed by atoms with Gasteiger partial charge in [0.15, 0.2) is 0 Å². The van der Waals surface area contributed by atoms with E-state index < -0.39 is 0 Å². The van der Waals surface area contributed by atoms with Crippen LogP contribution < -0.4 is 0 Å². The van der Waals surface area contributed by atoms with Gasteiger partial charge < -0.3 is 19.7 Å². The van der Waals surface area contributed by atoms with E-state index >= 15 is 0 Å². The minimum atomic E-state index is -0.126. The van der Waals surface area contributed by atoms with Crippen LogP contribution in [-0.4, -0.2) is 48.6 Å². The minimum absolute atomic E-state index is 0.125. The highest BCUT2D eigenvalue weighted by Gasteiger charge is 2.17. The average molecular weight is 629 g/mol. The van der Waals surface area contributed by atoms with E-state index in [0.717, 1.165) is 25.7 Å². The molecule has 0 radical (unpaired) electrons. The second-order valence-corrected chi connectivity index (χ2v) is 12.8. The Morgan fingerprint density at radius 2 is 0.682 bits per heavy atom. The van der Waals surface area contributed by atoms with E-state index in [9.17, 15) is 9.59 Å². The molecule has 0 heterocycles. The Hall–Kier alpha value is -1.14. The van der Waals surface area contributed by atoms with Crippen LogP contribution >= 0.6 is 0 Å². The lowest BCUT2D eigenvalue weighted by Crippen LogP contribution is -2.18. The van der Waals surface area contributed by atoms with E-state index in [1.165, 1.54) is 128 Å². The molecule has 0 aliphatic carbocycles. The molecule has 0 aromatic heterocycles. The smallest absolute Gasteiger partial charge is 0.306 e. The highest BCUT2D eigenvalue weighted by atomic mass is 16.6. The summed E-state index contributed by atoms with van der Waals surface area (Å²) in [6.07, 6.45) is 30.9. The maximum Gasteiger partial charge on any atom is 0.306 e. The molecule has 6 nitrogen and oxygen atoms in total. The van der Waals surface area contributed by atoms with Gasteiger partial charge in [-0.3, -0.25) is 9.59 Å². The first-order chi connectivity index (χ1) is 21.5. The van der Waals surface area contributed by atoms with Gasteiger partial charge in [-0.15, -0.1) is 0 Å². The molecular formula is C38H76O6. The van der Waals surface area contributed by atoms with E-state index in [2.05, 4.69) is 27.7 Å². The number of unbranched alkanes of at least 4 members (excludes halogenated alkanes) is 16. The molecule has 6 heteroatoms. The standard InChI is InChI=1S/C36H70O4.C2H6O2/c1-5-9-13-17-19-23-27-33(25-21-15-11-7-3)31-35(37)39-29-30-40-36(38)32-34(26-22-16-12-8-4)28-24-20-18-14-10-6-2;3-1-2-4/h33-34H,5-32H2,1-4H3;3-4H,1-2H2. The van der Waals surface area contributed by atoms with Gasteiger partial charge in [-0.25, -0.2) is 0 Å². The average Bonchev–Trinajstić information content (AvgIpc) is 3.02. The van der Waals surface area contributed by atoms with E-state index in [1.807, 2.05) is 0 Å². The number of aliphatic hydroxyl groups excluding tert-OH is 2. The normalized spacial score (nSPS) is 12.3. The first-order valence-electron chi connectivity index (χ1n) is 19.0. The van der Waals surface area contributed by atoms with Crippen LogP contribution in [0.5, 0.6) is 0 Å². The summed E-state index contributed by atoms with van der Waals surface area (Å²) in [7, 11) is 0. The molecule has 0 aromatic rings. The molecule has 0 saturated heterocycles. The Morgan fingerprint density at radius 1 is 0.432 bits per heavy atom. The third-order valence-electron chi connectivity index (χ3n) is 8.48. The fraction of sp³-hybridized carbons (Fsp3) is 0.947. The van der Waals surface area contributed by atoms with Gasteiger partial charge in [0.1, 0.15) is 13.2 Å². The fourth-order valence-electron chi connectivity index (χ4n) is 5.74. The van der Waals surface area contributed by atoms with Gasteiger partial charge in [-0.2, -0.15) is 0 Å². The van der Waals surface area contributed by atoms with Crippen molar-refractivity contribution in [3.05, 3.63) is 0 Å². The lowest BCUT2D eigenvalue weighted by molar-refractivity contribution is -0.153. The number of rotatable bonds is 32. The van der Waals surface area contributed by atoms with E-state index in [4.69, 9.17) is 19.7 Å². The third kappa shape index (κ3) is 35.3. The van der Waals surface area contributed by atoms with Crippen molar-refractivity contribution >= 4 is 11.9 Å². The molecule has 0 aliphatic heterocycles. The number of esters is 2. The van der Waals surface area contributed by atoms with Crippen molar-refractivity contribution < 1.29 is 29.3 Å². The summed E-state index contributed by atoms with van der Waals surface area (Å²) in [5.41, 5.74) is 0. The predicted octanol–water partition coefficient (Wildman–Crippen LogP) is 10.5. The van der Waals surface area contributed by atoms with Crippen LogP contribution in [0.3, 0.4) is 0 Å². The maximum atomic E-state index is 12.6. The summed E-state index contributed by atoms with van der Waals surface area (Å²) in [6.45, 7) is 9.10. The molecule has 2 unspecified atom stereocenters. The lowest BCUT2D eigenvalue weighted by Gasteiger charge is -2.17. The van der Waals surface area contributed by atoms with Gasteiger partial charge in [0.25, 0.3) is 0 Å². The molecule has 0 fully saturated rings. The number of hydrogen-bond acceptors (Lipinski definition) is 6. The largest absolute Gasteiger partial charge is 0.462 e. The Bertz CT molecular complexity index is 532. The molecule has 0 aliphatic rings. The molecule has 0 rings (SSSR count). The molecule has 0 bridgehead atoms. The van der Waals surface area contributed by atoms with Crippen LogP contribution in [0.4, 0.5) is 0 Å². The predicted molar refractivity (Wildman–Crippen MR) is 186 cm³/mol. The molecule has 2 atom stereocenters. The fourth-order valence-corrected chi connectivity index (χ4v) is 5.74. The number of ether oxygens (including phenoxy) is 2. The second-order valence-electron chi connectivity index (χ2n) is 12.8. The van der Waals surface area contributed by atoms with Crippen LogP contribution in [0.2, 0.25) is 0 Å². The zero-order valence-corrected chi connectivity index (χ0v) is 29.9. The Morgan fingerprint density at radius 3 is 0.955 bits per heavy atom. The van der Waals surface area contributed by atoms with Crippen molar-refractivity contribution in [3.8, 4) is 0 Å². The van der Waals surface area contributed by atoms with E-state index in [1.54, 1.807) is 0 Å². The molecule has 264 valence electrons. The summed E-state index contributed by atoms with van der Waals surface area (Å²) in [4.78, 5) is 25.1. The van der Waals surface area contributed by atoms with Crippen LogP contribution in [-0.2, 0) is 19.1 Å². The first-order valence-corrected chi connectivity index (χ1v) is 19.0. The molecule has 0 saturated carbocycles. The highest BCUT2D eigenvalue weighted by Crippen LogP contribution is 2.24. The quantitative estimate of drug-likeness (QED) is 0.0569. The summed E-state index contributed by atoms with van der Waals surface area (Å²) in [6, 6.07) is 0. The monoisotopic (exact) mass is 629 g/mol. The number of carbonyl (C=O) groups is 2. The molecular weight excluding hydrogens is 552 g/mol. The summed E-state index contributed by atoms with van der Waals surface area (Å²) in [5.74, 6) is 0.598. The van der Waals surface area contributed by atoms with Crippen molar-refractivity contribution in [3.63, 3.8) is 0 Å². The number of hydrogen-bond donors (Lipinski definition) is 2. The molecule has 44 heavy (non-hydrogen) atoms. The summed E-state index contributed by atoms with van der Waals surface area (Å²) in [5, 5.41) is 15.2. The summed E-state index contributed by atoms with van der Waals surface area (Å²) < 4.78 is 11.0. The molecule has 0 aromatic carbocycles. The van der Waals surface area contributed by atoms with E-state index in [0.29, 0.717) is 24.7 Å².